The Morgan fingerprint density at radius 1 is 1.21 bits per heavy atom. The number of nitrogens with zero attached hydrogens (tertiary/aromatic N) is 1. The SMILES string of the molecule is CC(C)[C@H](CO)N1C(=O)[C@@H]2[C@@H](C(=O)Nc3ccccc3)[C@H]3CCC2(O3)C1C(=O)NC(C)(C)C. The third kappa shape index (κ3) is 3.93. The summed E-state index contributed by atoms with van der Waals surface area (Å²) in [5.74, 6) is -2.38. The van der Waals surface area contributed by atoms with Crippen molar-refractivity contribution in [2.75, 3.05) is 11.9 Å². The molecule has 1 aromatic carbocycles. The summed E-state index contributed by atoms with van der Waals surface area (Å²) in [4.78, 5) is 42.4. The molecule has 3 aliphatic heterocycles. The molecule has 3 N–H and O–H groups in total. The summed E-state index contributed by atoms with van der Waals surface area (Å²) in [6, 6.07) is 7.68. The average Bonchev–Trinajstić information content (AvgIpc) is 3.36. The first-order valence-electron chi connectivity index (χ1n) is 11.8. The van der Waals surface area contributed by atoms with Crippen LogP contribution < -0.4 is 10.6 Å². The van der Waals surface area contributed by atoms with Crippen molar-refractivity contribution in [2.24, 2.45) is 17.8 Å². The molecule has 3 heterocycles. The molecule has 2 bridgehead atoms. The molecule has 1 aromatic rings. The molecule has 1 spiro atoms. The first-order chi connectivity index (χ1) is 15.5. The maximum atomic E-state index is 13.9. The zero-order valence-corrected chi connectivity index (χ0v) is 20.0. The van der Waals surface area contributed by atoms with E-state index in [1.807, 2.05) is 52.8 Å². The van der Waals surface area contributed by atoms with Crippen molar-refractivity contribution in [3.05, 3.63) is 30.3 Å². The number of amides is 3. The van der Waals surface area contributed by atoms with E-state index in [0.29, 0.717) is 18.5 Å². The molecule has 3 fully saturated rings. The summed E-state index contributed by atoms with van der Waals surface area (Å²) in [6.07, 6.45) is 0.717. The molecular weight excluding hydrogens is 422 g/mol. The summed E-state index contributed by atoms with van der Waals surface area (Å²) in [5.41, 5.74) is -0.926. The summed E-state index contributed by atoms with van der Waals surface area (Å²) < 4.78 is 6.41. The molecule has 2 unspecified atom stereocenters. The van der Waals surface area contributed by atoms with Gasteiger partial charge in [0.1, 0.15) is 11.6 Å². The molecular formula is C25H35N3O5. The predicted molar refractivity (Wildman–Crippen MR) is 123 cm³/mol. The largest absolute Gasteiger partial charge is 0.394 e. The van der Waals surface area contributed by atoms with Crippen molar-refractivity contribution in [1.29, 1.82) is 0 Å². The van der Waals surface area contributed by atoms with Crippen LogP contribution in [-0.4, -0.2) is 63.7 Å². The van der Waals surface area contributed by atoms with Gasteiger partial charge >= 0.3 is 0 Å². The Balaban J connectivity index is 1.73. The molecule has 33 heavy (non-hydrogen) atoms. The quantitative estimate of drug-likeness (QED) is 0.605. The highest BCUT2D eigenvalue weighted by molar-refractivity contribution is 6.02. The predicted octanol–water partition coefficient (Wildman–Crippen LogP) is 1.93. The zero-order chi connectivity index (χ0) is 24.1. The molecule has 0 radical (unpaired) electrons. The van der Waals surface area contributed by atoms with Gasteiger partial charge in [-0.15, -0.1) is 0 Å². The highest BCUT2D eigenvalue weighted by Crippen LogP contribution is 2.59. The molecule has 6 atom stereocenters. The number of nitrogens with one attached hydrogen (secondary N) is 2. The number of carbonyl (C=O) groups is 3. The van der Waals surface area contributed by atoms with Gasteiger partial charge in [0.2, 0.25) is 17.7 Å². The van der Waals surface area contributed by atoms with Crippen molar-refractivity contribution in [3.63, 3.8) is 0 Å². The number of aliphatic hydroxyl groups excluding tert-OH is 1. The number of para-hydroxylation sites is 1. The number of hydrogen-bond acceptors (Lipinski definition) is 5. The van der Waals surface area contributed by atoms with Crippen LogP contribution in [0.2, 0.25) is 0 Å². The molecule has 3 amide bonds. The standard InChI is InChI=1S/C25H35N3O5/c1-14(2)16(13-29)28-20(22(31)27-24(3,4)5)25-12-11-17(33-25)18(19(25)23(28)32)21(30)26-15-9-7-6-8-10-15/h6-10,14,16-20,29H,11-13H2,1-5H3,(H,26,30)(H,27,31)/t16-,17+,18-,19-,20?,25?/m0/s1. The normalized spacial score (nSPS) is 31.6. The van der Waals surface area contributed by atoms with Crippen molar-refractivity contribution < 1.29 is 24.2 Å². The lowest BCUT2D eigenvalue weighted by molar-refractivity contribution is -0.147. The minimum Gasteiger partial charge on any atom is -0.394 e. The topological polar surface area (TPSA) is 108 Å². The number of benzene rings is 1. The van der Waals surface area contributed by atoms with Crippen molar-refractivity contribution >= 4 is 23.4 Å². The van der Waals surface area contributed by atoms with Gasteiger partial charge in [0.25, 0.3) is 0 Å². The number of aliphatic hydroxyl groups is 1. The van der Waals surface area contributed by atoms with E-state index >= 15 is 0 Å². The van der Waals surface area contributed by atoms with E-state index in [1.54, 1.807) is 12.1 Å². The lowest BCUT2D eigenvalue weighted by atomic mass is 9.70. The van der Waals surface area contributed by atoms with Crippen molar-refractivity contribution in [3.8, 4) is 0 Å². The fourth-order valence-electron chi connectivity index (χ4n) is 5.85. The Morgan fingerprint density at radius 3 is 2.45 bits per heavy atom. The van der Waals surface area contributed by atoms with Crippen LogP contribution in [0, 0.1) is 17.8 Å². The van der Waals surface area contributed by atoms with Gasteiger partial charge in [0, 0.05) is 11.2 Å². The number of rotatable bonds is 6. The van der Waals surface area contributed by atoms with E-state index in [2.05, 4.69) is 10.6 Å². The molecule has 3 aliphatic rings. The first kappa shape index (κ1) is 23.7. The molecule has 4 rings (SSSR count). The van der Waals surface area contributed by atoms with Crippen LogP contribution in [0.4, 0.5) is 5.69 Å². The van der Waals surface area contributed by atoms with E-state index in [1.165, 1.54) is 4.90 Å². The first-order valence-corrected chi connectivity index (χ1v) is 11.8. The third-order valence-electron chi connectivity index (χ3n) is 7.14. The number of likely N-dealkylation sites (tertiary alicyclic amines) is 1. The Kier molecular flexibility index (Phi) is 6.03. The Bertz CT molecular complexity index is 928. The fourth-order valence-corrected chi connectivity index (χ4v) is 5.85. The summed E-state index contributed by atoms with van der Waals surface area (Å²) in [7, 11) is 0. The smallest absolute Gasteiger partial charge is 0.246 e. The van der Waals surface area contributed by atoms with Crippen LogP contribution in [0.1, 0.15) is 47.5 Å². The molecule has 8 heteroatoms. The number of ether oxygens (including phenoxy) is 1. The van der Waals surface area contributed by atoms with Crippen LogP contribution in [0.3, 0.4) is 0 Å². The monoisotopic (exact) mass is 457 g/mol. The number of anilines is 1. The van der Waals surface area contributed by atoms with Gasteiger partial charge in [-0.2, -0.15) is 0 Å². The second-order valence-corrected chi connectivity index (χ2v) is 10.9. The minimum atomic E-state index is -1.07. The van der Waals surface area contributed by atoms with Gasteiger partial charge in [-0.3, -0.25) is 14.4 Å². The van der Waals surface area contributed by atoms with Crippen molar-refractivity contribution in [2.45, 2.75) is 76.8 Å². The number of fused-ring (bicyclic) bond motifs is 1. The Morgan fingerprint density at radius 2 is 1.88 bits per heavy atom. The van der Waals surface area contributed by atoms with Crippen molar-refractivity contribution in [1.82, 2.24) is 10.2 Å². The van der Waals surface area contributed by atoms with Gasteiger partial charge in [-0.25, -0.2) is 0 Å². The third-order valence-corrected chi connectivity index (χ3v) is 7.14. The number of hydrogen-bond donors (Lipinski definition) is 3. The highest BCUT2D eigenvalue weighted by Gasteiger charge is 2.75. The van der Waals surface area contributed by atoms with Crippen LogP contribution in [0.25, 0.3) is 0 Å². The lowest BCUT2D eigenvalue weighted by Gasteiger charge is -2.39. The van der Waals surface area contributed by atoms with Crippen LogP contribution >= 0.6 is 0 Å². The summed E-state index contributed by atoms with van der Waals surface area (Å²) in [5, 5.41) is 16.1. The fraction of sp³-hybridized carbons (Fsp3) is 0.640. The lowest BCUT2D eigenvalue weighted by Crippen LogP contribution is -2.61. The van der Waals surface area contributed by atoms with Gasteiger partial charge < -0.3 is 25.4 Å². The summed E-state index contributed by atoms with van der Waals surface area (Å²) >= 11 is 0. The Hall–Kier alpha value is -2.45. The van der Waals surface area contributed by atoms with E-state index in [9.17, 15) is 19.5 Å². The molecule has 0 aromatic heterocycles. The van der Waals surface area contributed by atoms with Crippen LogP contribution in [0.15, 0.2) is 30.3 Å². The minimum absolute atomic E-state index is 0.0760. The molecule has 0 aliphatic carbocycles. The molecule has 3 saturated heterocycles. The maximum Gasteiger partial charge on any atom is 0.246 e. The van der Waals surface area contributed by atoms with Crippen LogP contribution in [-0.2, 0) is 19.1 Å². The molecule has 0 saturated carbocycles. The number of carbonyl (C=O) groups excluding carboxylic acids is 3. The zero-order valence-electron chi connectivity index (χ0n) is 20.0. The summed E-state index contributed by atoms with van der Waals surface area (Å²) in [6.45, 7) is 9.21. The van der Waals surface area contributed by atoms with Gasteiger partial charge in [0.15, 0.2) is 0 Å². The highest BCUT2D eigenvalue weighted by atomic mass is 16.5. The van der Waals surface area contributed by atoms with E-state index in [-0.39, 0.29) is 30.2 Å². The van der Waals surface area contributed by atoms with Gasteiger partial charge in [-0.1, -0.05) is 32.0 Å². The van der Waals surface area contributed by atoms with Crippen LogP contribution in [0.5, 0.6) is 0 Å². The van der Waals surface area contributed by atoms with Gasteiger partial charge in [-0.05, 0) is 51.7 Å². The second kappa shape index (κ2) is 8.40. The van der Waals surface area contributed by atoms with Gasteiger partial charge in [0.05, 0.1) is 30.6 Å². The van der Waals surface area contributed by atoms with E-state index in [4.69, 9.17) is 4.74 Å². The molecule has 180 valence electrons. The molecule has 8 nitrogen and oxygen atoms in total. The maximum absolute atomic E-state index is 13.9. The van der Waals surface area contributed by atoms with E-state index < -0.39 is 41.2 Å². The van der Waals surface area contributed by atoms with E-state index in [0.717, 1.165) is 0 Å². The Labute approximate surface area is 195 Å². The average molecular weight is 458 g/mol. The second-order valence-electron chi connectivity index (χ2n) is 10.9.